The number of aliphatic hydroxyl groups is 2. The molecule has 1 fully saturated rings. The maximum atomic E-state index is 11.9. The summed E-state index contributed by atoms with van der Waals surface area (Å²) in [5.41, 5.74) is 2.92. The minimum atomic E-state index is -1.40. The summed E-state index contributed by atoms with van der Waals surface area (Å²) in [5, 5.41) is 26.2. The van der Waals surface area contributed by atoms with E-state index in [4.69, 9.17) is 16.3 Å². The zero-order valence-corrected chi connectivity index (χ0v) is 17.0. The van der Waals surface area contributed by atoms with Gasteiger partial charge in [-0.25, -0.2) is 4.98 Å². The third-order valence-electron chi connectivity index (χ3n) is 4.95. The van der Waals surface area contributed by atoms with E-state index in [1.165, 1.54) is 17.9 Å². The topological polar surface area (TPSA) is 134 Å². The molecule has 1 amide bonds. The standard InChI is InChI=1S/C19H21ClN6O4/c1-9-4-3-5-10(6-9)7-22-15-11-16(25-19(20)24-15)26(8-23-11)18-13(28)12(27)14(30-18)17(29)21-2/h3-6,8,12-14,18,27-28H,7H2,1-2H3,(H,21,29)(H,22,24,25)/t12-,13+,14-,18+/m0/s1. The molecule has 3 heterocycles. The smallest absolute Gasteiger partial charge is 0.251 e. The van der Waals surface area contributed by atoms with Crippen molar-refractivity contribution >= 4 is 34.5 Å². The molecule has 1 aliphatic rings. The SMILES string of the molecule is CNC(=O)[C@H]1O[C@@H](n2cnc3c(NCc4cccc(C)c4)nc(Cl)nc32)[C@H](O)[C@@H]1O. The number of rotatable bonds is 5. The molecule has 4 N–H and O–H groups in total. The van der Waals surface area contributed by atoms with Gasteiger partial charge in [-0.1, -0.05) is 29.8 Å². The largest absolute Gasteiger partial charge is 0.387 e. The van der Waals surface area contributed by atoms with Gasteiger partial charge in [0.2, 0.25) is 5.28 Å². The number of benzene rings is 1. The number of anilines is 1. The molecular formula is C19H21ClN6O4. The number of nitrogens with zero attached hydrogens (tertiary/aromatic N) is 4. The Morgan fingerprint density at radius 2 is 2.10 bits per heavy atom. The average molecular weight is 433 g/mol. The van der Waals surface area contributed by atoms with E-state index in [0.717, 1.165) is 11.1 Å². The van der Waals surface area contributed by atoms with E-state index in [1.807, 2.05) is 25.1 Å². The number of carbonyl (C=O) groups is 1. The normalized spacial score (nSPS) is 23.6. The summed E-state index contributed by atoms with van der Waals surface area (Å²) in [5.74, 6) is -0.122. The second-order valence-corrected chi connectivity index (χ2v) is 7.39. The van der Waals surface area contributed by atoms with Crippen molar-refractivity contribution in [1.82, 2.24) is 24.8 Å². The number of amides is 1. The van der Waals surface area contributed by atoms with Gasteiger partial charge >= 0.3 is 0 Å². The summed E-state index contributed by atoms with van der Waals surface area (Å²) < 4.78 is 7.03. The van der Waals surface area contributed by atoms with Gasteiger partial charge in [-0.2, -0.15) is 9.97 Å². The number of ether oxygens (including phenoxy) is 1. The van der Waals surface area contributed by atoms with Gasteiger partial charge in [0.25, 0.3) is 5.91 Å². The second kappa shape index (κ2) is 8.15. The van der Waals surface area contributed by atoms with Crippen LogP contribution in [0.5, 0.6) is 0 Å². The van der Waals surface area contributed by atoms with Crippen molar-refractivity contribution in [2.24, 2.45) is 0 Å². The average Bonchev–Trinajstić information content (AvgIpc) is 3.27. The lowest BCUT2D eigenvalue weighted by Crippen LogP contribution is -2.41. The van der Waals surface area contributed by atoms with E-state index in [0.29, 0.717) is 23.5 Å². The minimum absolute atomic E-state index is 0.0214. The van der Waals surface area contributed by atoms with Crippen molar-refractivity contribution in [2.45, 2.75) is 38.0 Å². The fraction of sp³-hybridized carbons (Fsp3) is 0.368. The monoisotopic (exact) mass is 432 g/mol. The molecule has 0 aliphatic carbocycles. The van der Waals surface area contributed by atoms with Gasteiger partial charge in [0.15, 0.2) is 29.3 Å². The van der Waals surface area contributed by atoms with Crippen molar-refractivity contribution in [1.29, 1.82) is 0 Å². The number of aryl methyl sites for hydroxylation is 1. The number of likely N-dealkylation sites (N-methyl/N-ethyl adjacent to an activating group) is 1. The third kappa shape index (κ3) is 3.70. The molecule has 158 valence electrons. The third-order valence-corrected chi connectivity index (χ3v) is 5.12. The van der Waals surface area contributed by atoms with E-state index < -0.39 is 30.4 Å². The molecule has 0 saturated carbocycles. The van der Waals surface area contributed by atoms with Crippen molar-refractivity contribution in [3.05, 3.63) is 47.0 Å². The summed E-state index contributed by atoms with van der Waals surface area (Å²) in [7, 11) is 1.42. The van der Waals surface area contributed by atoms with Crippen LogP contribution in [0.2, 0.25) is 5.28 Å². The molecule has 0 bridgehead atoms. The van der Waals surface area contributed by atoms with E-state index in [-0.39, 0.29) is 5.28 Å². The Labute approximate surface area is 176 Å². The maximum absolute atomic E-state index is 11.9. The van der Waals surface area contributed by atoms with Crippen LogP contribution in [0.25, 0.3) is 11.2 Å². The second-order valence-electron chi connectivity index (χ2n) is 7.05. The van der Waals surface area contributed by atoms with E-state index in [2.05, 4.69) is 31.7 Å². The van der Waals surface area contributed by atoms with Crippen LogP contribution in [0.15, 0.2) is 30.6 Å². The van der Waals surface area contributed by atoms with Gasteiger partial charge in [0.05, 0.1) is 6.33 Å². The maximum Gasteiger partial charge on any atom is 0.251 e. The number of imidazole rings is 1. The zero-order valence-electron chi connectivity index (χ0n) is 16.3. The first kappa shape index (κ1) is 20.5. The quantitative estimate of drug-likeness (QED) is 0.434. The van der Waals surface area contributed by atoms with Crippen LogP contribution >= 0.6 is 11.6 Å². The van der Waals surface area contributed by atoms with Crippen molar-refractivity contribution in [3.63, 3.8) is 0 Å². The molecule has 4 atom stereocenters. The number of hydrogen-bond donors (Lipinski definition) is 4. The van der Waals surface area contributed by atoms with Gasteiger partial charge in [0, 0.05) is 13.6 Å². The van der Waals surface area contributed by atoms with Crippen molar-refractivity contribution in [2.75, 3.05) is 12.4 Å². The van der Waals surface area contributed by atoms with Crippen LogP contribution in [0.4, 0.5) is 5.82 Å². The molecule has 0 radical (unpaired) electrons. The molecule has 4 rings (SSSR count). The van der Waals surface area contributed by atoms with Crippen LogP contribution in [-0.2, 0) is 16.1 Å². The number of halogens is 1. The van der Waals surface area contributed by atoms with Crippen LogP contribution in [0.3, 0.4) is 0 Å². The number of hydrogen-bond acceptors (Lipinski definition) is 8. The molecular weight excluding hydrogens is 412 g/mol. The van der Waals surface area contributed by atoms with Gasteiger partial charge in [0.1, 0.15) is 12.2 Å². The fourth-order valence-corrected chi connectivity index (χ4v) is 3.62. The number of carbonyl (C=O) groups excluding carboxylic acids is 1. The first-order chi connectivity index (χ1) is 14.4. The molecule has 0 unspecified atom stereocenters. The molecule has 0 spiro atoms. The van der Waals surface area contributed by atoms with Gasteiger partial charge in [-0.05, 0) is 24.1 Å². The number of fused-ring (bicyclic) bond motifs is 1. The first-order valence-corrected chi connectivity index (χ1v) is 9.69. The minimum Gasteiger partial charge on any atom is -0.387 e. The summed E-state index contributed by atoms with van der Waals surface area (Å²) in [6.07, 6.45) is -3.64. The molecule has 1 aromatic carbocycles. The van der Waals surface area contributed by atoms with Crippen molar-refractivity contribution < 1.29 is 19.7 Å². The lowest BCUT2D eigenvalue weighted by Gasteiger charge is -2.16. The predicted molar refractivity (Wildman–Crippen MR) is 109 cm³/mol. The highest BCUT2D eigenvalue weighted by Gasteiger charge is 2.47. The Hall–Kier alpha value is -2.79. The summed E-state index contributed by atoms with van der Waals surface area (Å²) in [4.78, 5) is 24.7. The Bertz CT molecular complexity index is 1090. The Morgan fingerprint density at radius 3 is 2.83 bits per heavy atom. The molecule has 1 saturated heterocycles. The van der Waals surface area contributed by atoms with Crippen molar-refractivity contribution in [3.8, 4) is 0 Å². The lowest BCUT2D eigenvalue weighted by molar-refractivity contribution is -0.137. The first-order valence-electron chi connectivity index (χ1n) is 9.31. The molecule has 3 aromatic rings. The van der Waals surface area contributed by atoms with Crippen LogP contribution in [-0.4, -0.2) is 61.0 Å². The summed E-state index contributed by atoms with van der Waals surface area (Å²) in [6, 6.07) is 8.02. The van der Waals surface area contributed by atoms with Crippen LogP contribution < -0.4 is 10.6 Å². The van der Waals surface area contributed by atoms with E-state index in [9.17, 15) is 15.0 Å². The highest BCUT2D eigenvalue weighted by Crippen LogP contribution is 2.33. The van der Waals surface area contributed by atoms with Crippen LogP contribution in [0, 0.1) is 6.92 Å². The molecule has 2 aromatic heterocycles. The van der Waals surface area contributed by atoms with Gasteiger partial charge in [-0.15, -0.1) is 0 Å². The highest BCUT2D eigenvalue weighted by molar-refractivity contribution is 6.28. The number of nitrogens with one attached hydrogen (secondary N) is 2. The highest BCUT2D eigenvalue weighted by atomic mass is 35.5. The lowest BCUT2D eigenvalue weighted by atomic mass is 10.1. The van der Waals surface area contributed by atoms with Crippen LogP contribution in [0.1, 0.15) is 17.4 Å². The Morgan fingerprint density at radius 1 is 1.30 bits per heavy atom. The summed E-state index contributed by atoms with van der Waals surface area (Å²) in [6.45, 7) is 2.51. The molecule has 30 heavy (non-hydrogen) atoms. The molecule has 10 nitrogen and oxygen atoms in total. The molecule has 11 heteroatoms. The Balaban J connectivity index is 1.64. The molecule has 1 aliphatic heterocycles. The van der Waals surface area contributed by atoms with E-state index in [1.54, 1.807) is 0 Å². The zero-order chi connectivity index (χ0) is 21.4. The number of aromatic nitrogens is 4. The fourth-order valence-electron chi connectivity index (χ4n) is 3.46. The van der Waals surface area contributed by atoms with Gasteiger partial charge in [-0.3, -0.25) is 9.36 Å². The van der Waals surface area contributed by atoms with Gasteiger partial charge < -0.3 is 25.6 Å². The Kier molecular flexibility index (Phi) is 5.56. The van der Waals surface area contributed by atoms with E-state index >= 15 is 0 Å². The summed E-state index contributed by atoms with van der Waals surface area (Å²) >= 11 is 6.11. The number of aliphatic hydroxyl groups excluding tert-OH is 2. The predicted octanol–water partition coefficient (Wildman–Crippen LogP) is 0.765.